The van der Waals surface area contributed by atoms with E-state index in [1.54, 1.807) is 12.8 Å². The second kappa shape index (κ2) is 9.02. The number of rotatable bonds is 8. The molecule has 4 nitrogen and oxygen atoms in total. The van der Waals surface area contributed by atoms with Gasteiger partial charge in [-0.1, -0.05) is 20.8 Å². The summed E-state index contributed by atoms with van der Waals surface area (Å²) in [5.74, 6) is -0.399. The maximum Gasteiger partial charge on any atom is 0.328 e. The van der Waals surface area contributed by atoms with Crippen molar-refractivity contribution in [2.75, 3.05) is 7.11 Å². The third-order valence-corrected chi connectivity index (χ3v) is 2.06. The van der Waals surface area contributed by atoms with E-state index in [2.05, 4.69) is 10.1 Å². The summed E-state index contributed by atoms with van der Waals surface area (Å²) >= 11 is 0. The molecular weight excluding hydrogens is 218 g/mol. The van der Waals surface area contributed by atoms with Crippen LogP contribution in [0.1, 0.15) is 27.2 Å². The van der Waals surface area contributed by atoms with Crippen LogP contribution in [0.4, 0.5) is 0 Å². The van der Waals surface area contributed by atoms with E-state index in [4.69, 9.17) is 0 Å². The molecule has 0 saturated carbocycles. The highest BCUT2D eigenvalue weighted by Gasteiger charge is 2.22. The van der Waals surface area contributed by atoms with Crippen LogP contribution >= 0.6 is 0 Å². The van der Waals surface area contributed by atoms with Crippen LogP contribution in [0.2, 0.25) is 0 Å². The Labute approximate surface area is 104 Å². The average Bonchev–Trinajstić information content (AvgIpc) is 2.27. The zero-order valence-electron chi connectivity index (χ0n) is 10.9. The Kier molecular flexibility index (Phi) is 8.46. The van der Waals surface area contributed by atoms with Crippen molar-refractivity contribution < 1.29 is 14.3 Å². The normalized spacial score (nSPS) is 12.3. The van der Waals surface area contributed by atoms with Gasteiger partial charge < -0.3 is 10.1 Å². The van der Waals surface area contributed by atoms with E-state index in [1.165, 1.54) is 13.5 Å². The van der Waals surface area contributed by atoms with Gasteiger partial charge in [-0.15, -0.1) is 0 Å². The maximum atomic E-state index is 11.5. The minimum Gasteiger partial charge on any atom is -0.467 e. The molecule has 1 atom stereocenters. The van der Waals surface area contributed by atoms with Crippen LogP contribution in [0.15, 0.2) is 0 Å². The van der Waals surface area contributed by atoms with Crippen LogP contribution < -0.4 is 5.32 Å². The Balaban J connectivity index is 4.13. The van der Waals surface area contributed by atoms with Gasteiger partial charge in [-0.3, -0.25) is 4.79 Å². The van der Waals surface area contributed by atoms with E-state index in [0.29, 0.717) is 12.3 Å². The molecule has 0 bridgehead atoms. The summed E-state index contributed by atoms with van der Waals surface area (Å²) in [6, 6.07) is -0.581. The maximum absolute atomic E-state index is 11.5. The van der Waals surface area contributed by atoms with Crippen molar-refractivity contribution in [3.63, 3.8) is 0 Å². The van der Waals surface area contributed by atoms with Crippen molar-refractivity contribution in [2.24, 2.45) is 5.92 Å². The van der Waals surface area contributed by atoms with Gasteiger partial charge in [0.1, 0.15) is 6.04 Å². The van der Waals surface area contributed by atoms with Gasteiger partial charge in [0.15, 0.2) is 0 Å². The van der Waals surface area contributed by atoms with Crippen molar-refractivity contribution in [3.05, 3.63) is 25.7 Å². The molecule has 4 radical (unpaired) electrons. The molecule has 0 aromatic carbocycles. The minimum absolute atomic E-state index is 0.292. The van der Waals surface area contributed by atoms with Crippen LogP contribution in [0.3, 0.4) is 0 Å². The zero-order valence-corrected chi connectivity index (χ0v) is 10.9. The molecule has 1 amide bonds. The summed E-state index contributed by atoms with van der Waals surface area (Å²) < 4.78 is 4.65. The number of ether oxygens (including phenoxy) is 1. The Morgan fingerprint density at radius 2 is 1.94 bits per heavy atom. The molecule has 0 unspecified atom stereocenters. The van der Waals surface area contributed by atoms with Gasteiger partial charge >= 0.3 is 5.97 Å². The van der Waals surface area contributed by atoms with Gasteiger partial charge in [0.25, 0.3) is 0 Å². The Morgan fingerprint density at radius 1 is 1.29 bits per heavy atom. The SMILES string of the molecule is C[CH][CH][CH][CH]C(=O)N[C@@H](CC(C)C)C(=O)OC. The number of unbranched alkanes of at least 4 members (excludes halogenated alkanes) is 2. The molecule has 0 aromatic rings. The Morgan fingerprint density at radius 3 is 2.41 bits per heavy atom. The van der Waals surface area contributed by atoms with E-state index in [0.717, 1.165) is 0 Å². The lowest BCUT2D eigenvalue weighted by molar-refractivity contribution is -0.145. The minimum atomic E-state index is -0.581. The summed E-state index contributed by atoms with van der Waals surface area (Å²) in [5, 5.41) is 2.62. The quantitative estimate of drug-likeness (QED) is 0.516. The lowest BCUT2D eigenvalue weighted by Gasteiger charge is -2.18. The number of methoxy groups -OCH3 is 1. The highest BCUT2D eigenvalue weighted by atomic mass is 16.5. The molecule has 0 fully saturated rings. The number of esters is 1. The van der Waals surface area contributed by atoms with E-state index >= 15 is 0 Å². The highest BCUT2D eigenvalue weighted by Crippen LogP contribution is 2.06. The molecule has 0 rings (SSSR count). The summed E-state index contributed by atoms with van der Waals surface area (Å²) in [6.45, 7) is 5.83. The first-order valence-electron chi connectivity index (χ1n) is 5.69. The molecule has 0 aliphatic rings. The number of hydrogen-bond acceptors (Lipinski definition) is 3. The third-order valence-electron chi connectivity index (χ3n) is 2.06. The smallest absolute Gasteiger partial charge is 0.328 e. The molecule has 4 heteroatoms. The van der Waals surface area contributed by atoms with Gasteiger partial charge in [-0.2, -0.15) is 0 Å². The molecule has 1 N–H and O–H groups in total. The van der Waals surface area contributed by atoms with Gasteiger partial charge in [-0.25, -0.2) is 4.79 Å². The molecule has 0 aliphatic carbocycles. The predicted octanol–water partition coefficient (Wildman–Crippen LogP) is 1.53. The lowest BCUT2D eigenvalue weighted by Crippen LogP contribution is -2.42. The van der Waals surface area contributed by atoms with E-state index in [-0.39, 0.29) is 5.91 Å². The van der Waals surface area contributed by atoms with Crippen LogP contribution in [-0.4, -0.2) is 25.0 Å². The number of carbonyl (C=O) groups is 2. The first-order chi connectivity index (χ1) is 8.01. The van der Waals surface area contributed by atoms with Crippen molar-refractivity contribution >= 4 is 11.9 Å². The number of carbonyl (C=O) groups excluding carboxylic acids is 2. The summed E-state index contributed by atoms with van der Waals surface area (Å²) in [4.78, 5) is 22.9. The number of hydrogen-bond donors (Lipinski definition) is 1. The second-order valence-corrected chi connectivity index (χ2v) is 4.10. The largest absolute Gasteiger partial charge is 0.467 e. The number of amides is 1. The average molecular weight is 239 g/mol. The standard InChI is InChI=1S/C13H21NO3/c1-5-6-7-8-12(15)14-11(9-10(2)3)13(16)17-4/h5-8,10-11H,9H2,1-4H3,(H,14,15)/t11-/m0/s1. The molecule has 0 heterocycles. The molecule has 96 valence electrons. The molecule has 0 aromatic heterocycles. The number of nitrogens with one attached hydrogen (secondary N) is 1. The van der Waals surface area contributed by atoms with E-state index in [9.17, 15) is 9.59 Å². The van der Waals surface area contributed by atoms with Gasteiger partial charge in [0, 0.05) is 0 Å². The van der Waals surface area contributed by atoms with Crippen molar-refractivity contribution in [2.45, 2.75) is 33.2 Å². The molecule has 17 heavy (non-hydrogen) atoms. The lowest BCUT2D eigenvalue weighted by atomic mass is 10.0. The van der Waals surface area contributed by atoms with Gasteiger partial charge in [0.05, 0.1) is 13.5 Å². The van der Waals surface area contributed by atoms with Crippen LogP contribution in [0.5, 0.6) is 0 Å². The first-order valence-corrected chi connectivity index (χ1v) is 5.69. The predicted molar refractivity (Wildman–Crippen MR) is 66.3 cm³/mol. The first kappa shape index (κ1) is 15.9. The summed E-state index contributed by atoms with van der Waals surface area (Å²) in [6.07, 6.45) is 7.13. The third kappa shape index (κ3) is 7.77. The molecule has 0 saturated heterocycles. The topological polar surface area (TPSA) is 55.4 Å². The van der Waals surface area contributed by atoms with E-state index < -0.39 is 12.0 Å². The van der Waals surface area contributed by atoms with Crippen LogP contribution in [-0.2, 0) is 14.3 Å². The highest BCUT2D eigenvalue weighted by molar-refractivity contribution is 5.90. The van der Waals surface area contributed by atoms with Crippen molar-refractivity contribution in [3.8, 4) is 0 Å². The summed E-state index contributed by atoms with van der Waals surface area (Å²) in [5.41, 5.74) is 0. The van der Waals surface area contributed by atoms with Crippen LogP contribution in [0.25, 0.3) is 0 Å². The molecule has 0 aliphatic heterocycles. The van der Waals surface area contributed by atoms with Crippen molar-refractivity contribution in [1.29, 1.82) is 0 Å². The van der Waals surface area contributed by atoms with Gasteiger partial charge in [-0.05, 0) is 31.6 Å². The fourth-order valence-corrected chi connectivity index (χ4v) is 1.30. The Bertz CT molecular complexity index is 239. The fourth-order valence-electron chi connectivity index (χ4n) is 1.30. The summed E-state index contributed by atoms with van der Waals surface area (Å²) in [7, 11) is 1.32. The van der Waals surface area contributed by atoms with Crippen molar-refractivity contribution in [1.82, 2.24) is 5.32 Å². The fraction of sp³-hybridized carbons (Fsp3) is 0.538. The van der Waals surface area contributed by atoms with Gasteiger partial charge in [0.2, 0.25) is 5.91 Å². The second-order valence-electron chi connectivity index (χ2n) is 4.10. The molecule has 0 spiro atoms. The molecular formula is C13H21NO3. The zero-order chi connectivity index (χ0) is 13.3. The monoisotopic (exact) mass is 239 g/mol. The Hall–Kier alpha value is -1.06. The van der Waals surface area contributed by atoms with Crippen LogP contribution in [0, 0.1) is 31.6 Å². The van der Waals surface area contributed by atoms with E-state index in [1.807, 2.05) is 27.2 Å².